The average molecular weight is 278 g/mol. The van der Waals surface area contributed by atoms with Gasteiger partial charge in [-0.1, -0.05) is 11.6 Å². The molecule has 0 unspecified atom stereocenters. The van der Waals surface area contributed by atoms with Crippen molar-refractivity contribution in [2.45, 2.75) is 6.92 Å². The third kappa shape index (κ3) is 2.95. The van der Waals surface area contributed by atoms with Crippen LogP contribution in [0.3, 0.4) is 0 Å². The number of hydrogen-bond donors (Lipinski definition) is 2. The number of rotatable bonds is 3. The number of ether oxygens (including phenoxy) is 1. The predicted molar refractivity (Wildman–Crippen MR) is 73.4 cm³/mol. The van der Waals surface area contributed by atoms with Crippen LogP contribution in [-0.2, 0) is 0 Å². The zero-order valence-electron chi connectivity index (χ0n) is 10.2. The van der Waals surface area contributed by atoms with Gasteiger partial charge in [0.05, 0.1) is 11.9 Å². The SMILES string of the molecule is Cc1cc(Cl)ccc1Oc1ncc(N)cc1C(N)=O. The molecule has 0 fully saturated rings. The number of amides is 1. The molecule has 1 amide bonds. The van der Waals surface area contributed by atoms with Crippen LogP contribution in [-0.4, -0.2) is 10.9 Å². The Kier molecular flexibility index (Phi) is 3.57. The number of carbonyl (C=O) groups is 1. The summed E-state index contributed by atoms with van der Waals surface area (Å²) < 4.78 is 5.59. The first-order valence-electron chi connectivity index (χ1n) is 5.46. The van der Waals surface area contributed by atoms with Crippen LogP contribution in [0.2, 0.25) is 5.02 Å². The van der Waals surface area contributed by atoms with E-state index in [-0.39, 0.29) is 11.4 Å². The van der Waals surface area contributed by atoms with Crippen LogP contribution >= 0.6 is 11.6 Å². The van der Waals surface area contributed by atoms with Crippen LogP contribution in [0, 0.1) is 6.92 Å². The van der Waals surface area contributed by atoms with Crippen molar-refractivity contribution in [2.75, 3.05) is 5.73 Å². The van der Waals surface area contributed by atoms with Crippen LogP contribution in [0.25, 0.3) is 0 Å². The fraction of sp³-hybridized carbons (Fsp3) is 0.0769. The molecule has 19 heavy (non-hydrogen) atoms. The van der Waals surface area contributed by atoms with Crippen molar-refractivity contribution in [1.29, 1.82) is 0 Å². The first-order valence-corrected chi connectivity index (χ1v) is 5.84. The number of nitrogens with two attached hydrogens (primary N) is 2. The van der Waals surface area contributed by atoms with Crippen molar-refractivity contribution in [2.24, 2.45) is 5.73 Å². The number of carbonyl (C=O) groups excluding carboxylic acids is 1. The lowest BCUT2D eigenvalue weighted by atomic mass is 10.2. The summed E-state index contributed by atoms with van der Waals surface area (Å²) in [6, 6.07) is 6.56. The van der Waals surface area contributed by atoms with Gasteiger partial charge in [0.15, 0.2) is 0 Å². The minimum absolute atomic E-state index is 0.118. The number of pyridine rings is 1. The Bertz CT molecular complexity index is 644. The highest BCUT2D eigenvalue weighted by molar-refractivity contribution is 6.30. The molecule has 2 rings (SSSR count). The maximum atomic E-state index is 11.3. The summed E-state index contributed by atoms with van der Waals surface area (Å²) in [5, 5.41) is 0.602. The summed E-state index contributed by atoms with van der Waals surface area (Å²) in [5.74, 6) is 0.0118. The zero-order chi connectivity index (χ0) is 14.0. The molecular formula is C13H12ClN3O2. The number of anilines is 1. The molecule has 0 saturated heterocycles. The average Bonchev–Trinajstić information content (AvgIpc) is 2.34. The van der Waals surface area contributed by atoms with Gasteiger partial charge in [-0.3, -0.25) is 4.79 Å². The van der Waals surface area contributed by atoms with Crippen molar-refractivity contribution in [1.82, 2.24) is 4.98 Å². The minimum atomic E-state index is -0.651. The van der Waals surface area contributed by atoms with E-state index >= 15 is 0 Å². The van der Waals surface area contributed by atoms with Crippen LogP contribution in [0.15, 0.2) is 30.5 Å². The number of aryl methyl sites for hydroxylation is 1. The molecule has 4 N–H and O–H groups in total. The fourth-order valence-corrected chi connectivity index (χ4v) is 1.78. The number of primary amides is 1. The van der Waals surface area contributed by atoms with E-state index in [2.05, 4.69) is 4.98 Å². The van der Waals surface area contributed by atoms with Gasteiger partial charge < -0.3 is 16.2 Å². The number of aromatic nitrogens is 1. The van der Waals surface area contributed by atoms with Gasteiger partial charge in [0.2, 0.25) is 5.88 Å². The highest BCUT2D eigenvalue weighted by Gasteiger charge is 2.13. The lowest BCUT2D eigenvalue weighted by molar-refractivity contribution is 0.0997. The Morgan fingerprint density at radius 1 is 1.37 bits per heavy atom. The van der Waals surface area contributed by atoms with E-state index in [0.717, 1.165) is 5.56 Å². The smallest absolute Gasteiger partial charge is 0.254 e. The fourth-order valence-electron chi connectivity index (χ4n) is 1.56. The van der Waals surface area contributed by atoms with Gasteiger partial charge in [-0.15, -0.1) is 0 Å². The van der Waals surface area contributed by atoms with Gasteiger partial charge >= 0.3 is 0 Å². The Labute approximate surface area is 115 Å². The third-order valence-electron chi connectivity index (χ3n) is 2.48. The summed E-state index contributed by atoms with van der Waals surface area (Å²) >= 11 is 5.86. The van der Waals surface area contributed by atoms with Gasteiger partial charge in [0, 0.05) is 5.02 Å². The Balaban J connectivity index is 2.40. The normalized spacial score (nSPS) is 10.2. The Morgan fingerprint density at radius 2 is 2.11 bits per heavy atom. The van der Waals surface area contributed by atoms with Gasteiger partial charge in [0.1, 0.15) is 11.3 Å². The molecule has 0 aliphatic heterocycles. The second kappa shape index (κ2) is 5.16. The number of nitrogens with zero attached hydrogens (tertiary/aromatic N) is 1. The van der Waals surface area contributed by atoms with Crippen LogP contribution in [0.1, 0.15) is 15.9 Å². The zero-order valence-corrected chi connectivity index (χ0v) is 10.9. The van der Waals surface area contributed by atoms with E-state index in [1.807, 2.05) is 6.92 Å². The molecule has 6 heteroatoms. The molecule has 1 heterocycles. The van der Waals surface area contributed by atoms with Gasteiger partial charge in [-0.25, -0.2) is 4.98 Å². The minimum Gasteiger partial charge on any atom is -0.438 e. The highest BCUT2D eigenvalue weighted by Crippen LogP contribution is 2.28. The van der Waals surface area contributed by atoms with Gasteiger partial charge in [0.25, 0.3) is 5.91 Å². The number of benzene rings is 1. The van der Waals surface area contributed by atoms with Crippen molar-refractivity contribution >= 4 is 23.2 Å². The molecule has 0 radical (unpaired) electrons. The van der Waals surface area contributed by atoms with E-state index in [0.29, 0.717) is 16.5 Å². The maximum Gasteiger partial charge on any atom is 0.254 e. The maximum absolute atomic E-state index is 11.3. The summed E-state index contributed by atoms with van der Waals surface area (Å²) in [4.78, 5) is 15.3. The molecule has 0 spiro atoms. The largest absolute Gasteiger partial charge is 0.438 e. The standard InChI is InChI=1S/C13H12ClN3O2/c1-7-4-8(14)2-3-11(7)19-13-10(12(16)18)5-9(15)6-17-13/h2-6H,15H2,1H3,(H2,16,18). The molecular weight excluding hydrogens is 266 g/mol. The van der Waals surface area contributed by atoms with Crippen molar-refractivity contribution in [3.05, 3.63) is 46.6 Å². The Morgan fingerprint density at radius 3 is 2.74 bits per heavy atom. The van der Waals surface area contributed by atoms with Crippen LogP contribution < -0.4 is 16.2 Å². The van der Waals surface area contributed by atoms with E-state index in [1.54, 1.807) is 18.2 Å². The van der Waals surface area contributed by atoms with Crippen LogP contribution in [0.4, 0.5) is 5.69 Å². The summed E-state index contributed by atoms with van der Waals surface area (Å²) in [5.41, 5.74) is 12.1. The van der Waals surface area contributed by atoms with E-state index < -0.39 is 5.91 Å². The van der Waals surface area contributed by atoms with E-state index in [1.165, 1.54) is 12.3 Å². The molecule has 0 bridgehead atoms. The molecule has 98 valence electrons. The molecule has 1 aromatic carbocycles. The molecule has 0 saturated carbocycles. The second-order valence-corrected chi connectivity index (χ2v) is 4.43. The molecule has 5 nitrogen and oxygen atoms in total. The first kappa shape index (κ1) is 13.2. The quantitative estimate of drug-likeness (QED) is 0.902. The van der Waals surface area contributed by atoms with E-state index in [4.69, 9.17) is 27.8 Å². The van der Waals surface area contributed by atoms with Crippen LogP contribution in [0.5, 0.6) is 11.6 Å². The number of hydrogen-bond acceptors (Lipinski definition) is 4. The summed E-state index contributed by atoms with van der Waals surface area (Å²) in [6.07, 6.45) is 1.40. The highest BCUT2D eigenvalue weighted by atomic mass is 35.5. The second-order valence-electron chi connectivity index (χ2n) is 4.00. The third-order valence-corrected chi connectivity index (χ3v) is 2.72. The number of nitrogen functional groups attached to an aromatic ring is 1. The molecule has 0 aliphatic carbocycles. The van der Waals surface area contributed by atoms with E-state index in [9.17, 15) is 4.79 Å². The molecule has 0 aliphatic rings. The molecule has 0 atom stereocenters. The monoisotopic (exact) mass is 277 g/mol. The Hall–Kier alpha value is -2.27. The number of halogens is 1. The topological polar surface area (TPSA) is 91.2 Å². The van der Waals surface area contributed by atoms with Gasteiger partial charge in [-0.05, 0) is 36.8 Å². The molecule has 2 aromatic rings. The van der Waals surface area contributed by atoms with Crippen molar-refractivity contribution in [3.63, 3.8) is 0 Å². The van der Waals surface area contributed by atoms with Gasteiger partial charge in [-0.2, -0.15) is 0 Å². The summed E-state index contributed by atoms with van der Waals surface area (Å²) in [6.45, 7) is 1.84. The van der Waals surface area contributed by atoms with Crippen molar-refractivity contribution in [3.8, 4) is 11.6 Å². The summed E-state index contributed by atoms with van der Waals surface area (Å²) in [7, 11) is 0. The first-order chi connectivity index (χ1) is 8.97. The predicted octanol–water partition coefficient (Wildman–Crippen LogP) is 2.52. The lowest BCUT2D eigenvalue weighted by Crippen LogP contribution is -2.13. The molecule has 1 aromatic heterocycles. The lowest BCUT2D eigenvalue weighted by Gasteiger charge is -2.10. The van der Waals surface area contributed by atoms with Crippen molar-refractivity contribution < 1.29 is 9.53 Å².